The molecule has 0 heterocycles. The summed E-state index contributed by atoms with van der Waals surface area (Å²) in [5.74, 6) is -0.195. The first-order valence-electron chi connectivity index (χ1n) is 10.4. The van der Waals surface area contributed by atoms with Crippen molar-refractivity contribution in [3.63, 3.8) is 0 Å². The van der Waals surface area contributed by atoms with Gasteiger partial charge in [-0.05, 0) is 73.9 Å². The lowest BCUT2D eigenvalue weighted by atomic mass is 10.1. The van der Waals surface area contributed by atoms with Crippen LogP contribution in [0.1, 0.15) is 30.9 Å². The van der Waals surface area contributed by atoms with E-state index in [-0.39, 0.29) is 10.6 Å². The Morgan fingerprint density at radius 2 is 1.56 bits per heavy atom. The molecule has 0 radical (unpaired) electrons. The maximum Gasteiger partial charge on any atom is 0.278 e. The minimum Gasteiger partial charge on any atom is -0.484 e. The van der Waals surface area contributed by atoms with Crippen molar-refractivity contribution in [3.05, 3.63) is 88.4 Å². The zero-order valence-electron chi connectivity index (χ0n) is 18.1. The number of sulfonamides is 1. The topological polar surface area (TPSA) is 63.7 Å². The first-order valence-corrected chi connectivity index (χ1v) is 12.7. The summed E-state index contributed by atoms with van der Waals surface area (Å²) in [6.07, 6.45) is 3.02. The molecule has 0 bridgehead atoms. The van der Waals surface area contributed by atoms with Gasteiger partial charge in [-0.2, -0.15) is 4.31 Å². The number of anilines is 1. The fraction of sp³-hybridized carbons (Fsp3) is 0.240. The van der Waals surface area contributed by atoms with Gasteiger partial charge in [-0.3, -0.25) is 4.79 Å². The van der Waals surface area contributed by atoms with Gasteiger partial charge in [0.05, 0.1) is 10.6 Å². The molecule has 0 fully saturated rings. The number of nitrogens with zero attached hydrogens (tertiary/aromatic N) is 1. The van der Waals surface area contributed by atoms with Crippen molar-refractivity contribution in [2.45, 2.75) is 38.0 Å². The molecule has 0 N–H and O–H groups in total. The van der Waals surface area contributed by atoms with Gasteiger partial charge in [0.2, 0.25) is 0 Å². The summed E-state index contributed by atoms with van der Waals surface area (Å²) in [6.45, 7) is 3.58. The van der Waals surface area contributed by atoms with E-state index in [1.54, 1.807) is 48.5 Å². The van der Waals surface area contributed by atoms with Crippen LogP contribution in [-0.4, -0.2) is 20.9 Å². The Morgan fingerprint density at radius 1 is 0.938 bits per heavy atom. The van der Waals surface area contributed by atoms with Crippen molar-refractivity contribution >= 4 is 37.5 Å². The van der Waals surface area contributed by atoms with Crippen LogP contribution in [0, 0.1) is 6.92 Å². The van der Waals surface area contributed by atoms with Crippen molar-refractivity contribution in [2.75, 3.05) is 10.9 Å². The summed E-state index contributed by atoms with van der Waals surface area (Å²) < 4.78 is 34.2. The van der Waals surface area contributed by atoms with E-state index in [9.17, 15) is 13.2 Å². The third-order valence-corrected chi connectivity index (χ3v) is 7.24. The zero-order chi connectivity index (χ0) is 23.1. The maximum atomic E-state index is 13.4. The second-order valence-corrected chi connectivity index (χ2v) is 10.2. The number of benzene rings is 3. The van der Waals surface area contributed by atoms with Gasteiger partial charge in [0.1, 0.15) is 5.75 Å². The van der Waals surface area contributed by atoms with Crippen LogP contribution in [0.2, 0.25) is 0 Å². The Labute approximate surface area is 198 Å². The van der Waals surface area contributed by atoms with Crippen LogP contribution in [0.4, 0.5) is 5.69 Å². The highest BCUT2D eigenvalue weighted by Gasteiger charge is 2.31. The molecule has 0 spiro atoms. The zero-order valence-corrected chi connectivity index (χ0v) is 20.5. The Kier molecular flexibility index (Phi) is 8.10. The van der Waals surface area contributed by atoms with Gasteiger partial charge in [-0.25, -0.2) is 8.42 Å². The fourth-order valence-electron chi connectivity index (χ4n) is 3.15. The van der Waals surface area contributed by atoms with Crippen LogP contribution in [0.25, 0.3) is 0 Å². The quantitative estimate of drug-likeness (QED) is 0.355. The Bertz CT molecular complexity index is 1140. The molecule has 0 aromatic heterocycles. The molecule has 32 heavy (non-hydrogen) atoms. The molecule has 0 atom stereocenters. The number of unbranched alkanes of at least 4 members (excludes halogenated alkanes) is 1. The molecule has 1 amide bonds. The number of carbonyl (C=O) groups is 1. The van der Waals surface area contributed by atoms with Crippen molar-refractivity contribution in [3.8, 4) is 5.75 Å². The average Bonchev–Trinajstić information content (AvgIpc) is 2.78. The highest BCUT2D eigenvalue weighted by Crippen LogP contribution is 2.26. The molecule has 0 unspecified atom stereocenters. The number of hydrogen-bond donors (Lipinski definition) is 0. The molecule has 3 rings (SSSR count). The highest BCUT2D eigenvalue weighted by molar-refractivity contribution is 9.10. The minimum absolute atomic E-state index is 0.0511. The third-order valence-electron chi connectivity index (χ3n) is 4.95. The molecular formula is C25H26BrNO4S. The van der Waals surface area contributed by atoms with Gasteiger partial charge in [0, 0.05) is 4.47 Å². The Balaban J connectivity index is 1.91. The molecule has 0 saturated carbocycles. The number of aryl methyl sites for hydroxylation is 2. The van der Waals surface area contributed by atoms with Gasteiger partial charge in [0.25, 0.3) is 15.9 Å². The summed E-state index contributed by atoms with van der Waals surface area (Å²) in [7, 11) is -4.11. The molecule has 0 aliphatic rings. The monoisotopic (exact) mass is 515 g/mol. The first kappa shape index (κ1) is 24.0. The predicted octanol–water partition coefficient (Wildman–Crippen LogP) is 5.90. The van der Waals surface area contributed by atoms with E-state index >= 15 is 0 Å². The SMILES string of the molecule is CCCCc1ccc(N(C(=O)COc2ccc(Br)cc2)S(=O)(=O)c2ccc(C)cc2)cc1. The lowest BCUT2D eigenvalue weighted by molar-refractivity contribution is -0.119. The van der Waals surface area contributed by atoms with E-state index in [4.69, 9.17) is 4.74 Å². The van der Waals surface area contributed by atoms with E-state index < -0.39 is 22.5 Å². The van der Waals surface area contributed by atoms with Gasteiger partial charge < -0.3 is 4.74 Å². The van der Waals surface area contributed by atoms with Crippen molar-refractivity contribution < 1.29 is 17.9 Å². The van der Waals surface area contributed by atoms with E-state index in [0.29, 0.717) is 5.75 Å². The minimum atomic E-state index is -4.11. The van der Waals surface area contributed by atoms with E-state index in [1.165, 1.54) is 12.1 Å². The van der Waals surface area contributed by atoms with Crippen LogP contribution in [-0.2, 0) is 21.2 Å². The van der Waals surface area contributed by atoms with Crippen LogP contribution >= 0.6 is 15.9 Å². The summed E-state index contributed by atoms with van der Waals surface area (Å²) in [6, 6.07) is 20.5. The third kappa shape index (κ3) is 5.99. The van der Waals surface area contributed by atoms with Crippen LogP contribution in [0.3, 0.4) is 0 Å². The van der Waals surface area contributed by atoms with Gasteiger partial charge in [-0.15, -0.1) is 0 Å². The molecule has 0 aliphatic carbocycles. The van der Waals surface area contributed by atoms with Crippen LogP contribution in [0.15, 0.2) is 82.2 Å². The molecule has 168 valence electrons. The first-order chi connectivity index (χ1) is 15.3. The van der Waals surface area contributed by atoms with Gasteiger partial charge >= 0.3 is 0 Å². The molecule has 0 saturated heterocycles. The number of ether oxygens (including phenoxy) is 1. The van der Waals surface area contributed by atoms with Crippen molar-refractivity contribution in [1.29, 1.82) is 0 Å². The average molecular weight is 516 g/mol. The molecule has 3 aromatic rings. The summed E-state index contributed by atoms with van der Waals surface area (Å²) in [5.41, 5.74) is 2.32. The van der Waals surface area contributed by atoms with Gasteiger partial charge in [-0.1, -0.05) is 59.1 Å². The fourth-order valence-corrected chi connectivity index (χ4v) is 4.82. The summed E-state index contributed by atoms with van der Waals surface area (Å²) in [4.78, 5) is 13.2. The standard InChI is InChI=1S/C25H26BrNO4S/c1-3-4-5-20-8-12-22(13-9-20)27(32(29,30)24-16-6-19(2)7-17-24)25(28)18-31-23-14-10-21(26)11-15-23/h6-17H,3-5,18H2,1-2H3. The number of rotatable bonds is 9. The number of halogens is 1. The maximum absolute atomic E-state index is 13.4. The van der Waals surface area contributed by atoms with Crippen LogP contribution < -0.4 is 9.04 Å². The second kappa shape index (κ2) is 10.8. The number of carbonyl (C=O) groups excluding carboxylic acids is 1. The van der Waals surface area contributed by atoms with E-state index in [2.05, 4.69) is 22.9 Å². The van der Waals surface area contributed by atoms with Crippen molar-refractivity contribution in [2.24, 2.45) is 0 Å². The van der Waals surface area contributed by atoms with Crippen LogP contribution in [0.5, 0.6) is 5.75 Å². The smallest absolute Gasteiger partial charge is 0.278 e. The molecular weight excluding hydrogens is 490 g/mol. The number of hydrogen-bond acceptors (Lipinski definition) is 4. The predicted molar refractivity (Wildman–Crippen MR) is 131 cm³/mol. The largest absolute Gasteiger partial charge is 0.484 e. The normalized spacial score (nSPS) is 11.2. The number of amides is 1. The Hall–Kier alpha value is -2.64. The lowest BCUT2D eigenvalue weighted by Gasteiger charge is -2.23. The molecule has 7 heteroatoms. The molecule has 5 nitrogen and oxygen atoms in total. The summed E-state index contributed by atoms with van der Waals surface area (Å²) >= 11 is 3.35. The van der Waals surface area contributed by atoms with E-state index in [0.717, 1.165) is 39.2 Å². The van der Waals surface area contributed by atoms with Gasteiger partial charge in [0.15, 0.2) is 6.61 Å². The summed E-state index contributed by atoms with van der Waals surface area (Å²) in [5, 5.41) is 0. The second-order valence-electron chi connectivity index (χ2n) is 7.49. The lowest BCUT2D eigenvalue weighted by Crippen LogP contribution is -2.40. The highest BCUT2D eigenvalue weighted by atomic mass is 79.9. The van der Waals surface area contributed by atoms with E-state index in [1.807, 2.05) is 19.1 Å². The molecule has 0 aliphatic heterocycles. The Morgan fingerprint density at radius 3 is 2.16 bits per heavy atom. The molecule has 3 aromatic carbocycles. The van der Waals surface area contributed by atoms with Crippen molar-refractivity contribution in [1.82, 2.24) is 0 Å².